The predicted octanol–water partition coefficient (Wildman–Crippen LogP) is 1.12. The van der Waals surface area contributed by atoms with Crippen LogP contribution >= 0.6 is 0 Å². The highest BCUT2D eigenvalue weighted by Gasteiger charge is 2.07. The van der Waals surface area contributed by atoms with Gasteiger partial charge in [0.05, 0.1) is 0 Å². The van der Waals surface area contributed by atoms with Gasteiger partial charge in [0.2, 0.25) is 0 Å². The lowest BCUT2D eigenvalue weighted by molar-refractivity contribution is -0.117. The van der Waals surface area contributed by atoms with Crippen molar-refractivity contribution in [3.63, 3.8) is 0 Å². The first-order valence-corrected chi connectivity index (χ1v) is 6.86. The maximum absolute atomic E-state index is 11.8. The average molecular weight is 288 g/mol. The Morgan fingerprint density at radius 3 is 3.10 bits per heavy atom. The molecule has 0 spiro atoms. The predicted molar refractivity (Wildman–Crippen MR) is 78.9 cm³/mol. The van der Waals surface area contributed by atoms with Gasteiger partial charge in [-0.05, 0) is 25.0 Å². The van der Waals surface area contributed by atoms with E-state index in [1.807, 2.05) is 19.1 Å². The van der Waals surface area contributed by atoms with Crippen LogP contribution in [0, 0.1) is 11.3 Å². The fourth-order valence-electron chi connectivity index (χ4n) is 1.52. The molecule has 112 valence electrons. The van der Waals surface area contributed by atoms with E-state index in [9.17, 15) is 4.79 Å². The normalized spacial score (nSPS) is 10.8. The Balaban J connectivity index is 2.33. The van der Waals surface area contributed by atoms with E-state index >= 15 is 0 Å². The first-order valence-electron chi connectivity index (χ1n) is 6.86. The van der Waals surface area contributed by atoms with Crippen molar-refractivity contribution < 1.29 is 9.53 Å². The lowest BCUT2D eigenvalue weighted by atomic mass is 10.2. The Hall–Kier alpha value is -2.39. The second kappa shape index (κ2) is 10.4. The third-order valence-corrected chi connectivity index (χ3v) is 2.60. The summed E-state index contributed by atoms with van der Waals surface area (Å²) in [6.07, 6.45) is 5.59. The minimum absolute atomic E-state index is 0.0512. The standard InChI is InChI=1S/C15H20N4O2/c1-2-21-8-4-7-18-12-14(9-16)15(20)19-11-13-5-3-6-17-10-13/h3,5-6,10,12,18H,2,4,7-8,11H2,1H3,(H,19,20)/b14-12-. The first-order chi connectivity index (χ1) is 10.3. The van der Waals surface area contributed by atoms with Crippen LogP contribution in [0.5, 0.6) is 0 Å². The number of nitrogens with zero attached hydrogens (tertiary/aromatic N) is 2. The largest absolute Gasteiger partial charge is 0.390 e. The van der Waals surface area contributed by atoms with Crippen LogP contribution in [0.4, 0.5) is 0 Å². The van der Waals surface area contributed by atoms with Crippen molar-refractivity contribution in [2.45, 2.75) is 19.9 Å². The average Bonchev–Trinajstić information content (AvgIpc) is 2.53. The van der Waals surface area contributed by atoms with Gasteiger partial charge < -0.3 is 15.4 Å². The lowest BCUT2D eigenvalue weighted by Crippen LogP contribution is -2.25. The van der Waals surface area contributed by atoms with Crippen LogP contribution < -0.4 is 10.6 Å². The number of ether oxygens (including phenoxy) is 1. The number of aromatic nitrogens is 1. The molecular formula is C15H20N4O2. The minimum Gasteiger partial charge on any atom is -0.390 e. The molecule has 21 heavy (non-hydrogen) atoms. The van der Waals surface area contributed by atoms with Crippen molar-refractivity contribution in [3.8, 4) is 6.07 Å². The van der Waals surface area contributed by atoms with Gasteiger partial charge in [0.25, 0.3) is 5.91 Å². The maximum atomic E-state index is 11.8. The zero-order valence-electron chi connectivity index (χ0n) is 12.1. The smallest absolute Gasteiger partial charge is 0.263 e. The number of nitrogens with one attached hydrogen (secondary N) is 2. The summed E-state index contributed by atoms with van der Waals surface area (Å²) in [4.78, 5) is 15.8. The molecule has 0 saturated heterocycles. The molecule has 6 heteroatoms. The zero-order chi connectivity index (χ0) is 15.3. The summed E-state index contributed by atoms with van der Waals surface area (Å²) in [6.45, 7) is 4.28. The quantitative estimate of drug-likeness (QED) is 0.404. The summed E-state index contributed by atoms with van der Waals surface area (Å²) >= 11 is 0. The molecule has 0 atom stereocenters. The lowest BCUT2D eigenvalue weighted by Gasteiger charge is -2.05. The van der Waals surface area contributed by atoms with Gasteiger partial charge >= 0.3 is 0 Å². The van der Waals surface area contributed by atoms with Crippen molar-refractivity contribution in [3.05, 3.63) is 41.9 Å². The maximum Gasteiger partial charge on any atom is 0.263 e. The minimum atomic E-state index is -0.404. The van der Waals surface area contributed by atoms with Crippen LogP contribution in [-0.2, 0) is 16.1 Å². The van der Waals surface area contributed by atoms with Crippen molar-refractivity contribution in [2.24, 2.45) is 0 Å². The first kappa shape index (κ1) is 16.7. The Kier molecular flexibility index (Phi) is 8.26. The van der Waals surface area contributed by atoms with E-state index in [0.29, 0.717) is 26.3 Å². The van der Waals surface area contributed by atoms with Crippen LogP contribution in [0.3, 0.4) is 0 Å². The van der Waals surface area contributed by atoms with E-state index in [1.165, 1.54) is 6.20 Å². The highest BCUT2D eigenvalue weighted by Crippen LogP contribution is 1.97. The molecule has 1 aromatic heterocycles. The molecule has 0 fully saturated rings. The molecule has 0 aliphatic rings. The molecule has 1 aromatic rings. The summed E-state index contributed by atoms with van der Waals surface area (Å²) in [5.41, 5.74) is 0.933. The van der Waals surface area contributed by atoms with Crippen molar-refractivity contribution in [1.82, 2.24) is 15.6 Å². The number of carbonyl (C=O) groups excluding carboxylic acids is 1. The fourth-order valence-corrected chi connectivity index (χ4v) is 1.52. The summed E-state index contributed by atoms with van der Waals surface area (Å²) in [5, 5.41) is 14.6. The number of rotatable bonds is 9. The van der Waals surface area contributed by atoms with E-state index in [1.54, 1.807) is 18.5 Å². The van der Waals surface area contributed by atoms with E-state index in [-0.39, 0.29) is 5.57 Å². The number of hydrogen-bond donors (Lipinski definition) is 2. The monoisotopic (exact) mass is 288 g/mol. The van der Waals surface area contributed by atoms with E-state index < -0.39 is 5.91 Å². The van der Waals surface area contributed by atoms with Crippen molar-refractivity contribution in [2.75, 3.05) is 19.8 Å². The van der Waals surface area contributed by atoms with Gasteiger partial charge in [0, 0.05) is 44.9 Å². The highest BCUT2D eigenvalue weighted by molar-refractivity contribution is 5.97. The van der Waals surface area contributed by atoms with Crippen LogP contribution in [0.2, 0.25) is 0 Å². The Morgan fingerprint density at radius 2 is 2.43 bits per heavy atom. The van der Waals surface area contributed by atoms with Gasteiger partial charge in [-0.2, -0.15) is 5.26 Å². The van der Waals surface area contributed by atoms with E-state index in [0.717, 1.165) is 12.0 Å². The third kappa shape index (κ3) is 7.09. The summed E-state index contributed by atoms with van der Waals surface area (Å²) < 4.78 is 5.19. The second-order valence-corrected chi connectivity index (χ2v) is 4.22. The van der Waals surface area contributed by atoms with Gasteiger partial charge in [-0.15, -0.1) is 0 Å². The molecule has 1 amide bonds. The van der Waals surface area contributed by atoms with Crippen molar-refractivity contribution >= 4 is 5.91 Å². The van der Waals surface area contributed by atoms with Gasteiger partial charge in [-0.3, -0.25) is 9.78 Å². The Labute approximate surface area is 124 Å². The Bertz CT molecular complexity index is 494. The van der Waals surface area contributed by atoms with Crippen LogP contribution in [-0.4, -0.2) is 30.6 Å². The molecular weight excluding hydrogens is 268 g/mol. The summed E-state index contributed by atoms with van der Waals surface area (Å²) in [5.74, 6) is -0.404. The molecule has 1 rings (SSSR count). The molecule has 0 aliphatic heterocycles. The van der Waals surface area contributed by atoms with Crippen molar-refractivity contribution in [1.29, 1.82) is 5.26 Å². The van der Waals surface area contributed by atoms with Gasteiger partial charge in [-0.25, -0.2) is 0 Å². The molecule has 0 aromatic carbocycles. The molecule has 0 unspecified atom stereocenters. The zero-order valence-corrected chi connectivity index (χ0v) is 12.1. The molecule has 0 aliphatic carbocycles. The number of carbonyl (C=O) groups is 1. The van der Waals surface area contributed by atoms with Gasteiger partial charge in [-0.1, -0.05) is 6.07 Å². The van der Waals surface area contributed by atoms with E-state index in [4.69, 9.17) is 10.00 Å². The van der Waals surface area contributed by atoms with Gasteiger partial charge in [0.15, 0.2) is 0 Å². The number of pyridine rings is 1. The molecule has 0 saturated carbocycles. The summed E-state index contributed by atoms with van der Waals surface area (Å²) in [6, 6.07) is 5.53. The fraction of sp³-hybridized carbons (Fsp3) is 0.400. The van der Waals surface area contributed by atoms with Crippen LogP contribution in [0.1, 0.15) is 18.9 Å². The summed E-state index contributed by atoms with van der Waals surface area (Å²) in [7, 11) is 0. The number of nitriles is 1. The third-order valence-electron chi connectivity index (χ3n) is 2.60. The molecule has 6 nitrogen and oxygen atoms in total. The highest BCUT2D eigenvalue weighted by atomic mass is 16.5. The Morgan fingerprint density at radius 1 is 1.57 bits per heavy atom. The number of amides is 1. The molecule has 0 bridgehead atoms. The van der Waals surface area contributed by atoms with Crippen LogP contribution in [0.15, 0.2) is 36.3 Å². The van der Waals surface area contributed by atoms with Gasteiger partial charge in [0.1, 0.15) is 11.6 Å². The van der Waals surface area contributed by atoms with Crippen LogP contribution in [0.25, 0.3) is 0 Å². The van der Waals surface area contributed by atoms with E-state index in [2.05, 4.69) is 15.6 Å². The number of hydrogen-bond acceptors (Lipinski definition) is 5. The molecule has 1 heterocycles. The topological polar surface area (TPSA) is 87.0 Å². The molecule has 2 N–H and O–H groups in total. The second-order valence-electron chi connectivity index (χ2n) is 4.22. The molecule has 0 radical (unpaired) electrons. The SMILES string of the molecule is CCOCCCN/C=C(/C#N)C(=O)NCc1cccnc1.